The summed E-state index contributed by atoms with van der Waals surface area (Å²) in [6.45, 7) is 4.76. The van der Waals surface area contributed by atoms with Crippen molar-refractivity contribution < 1.29 is 4.74 Å². The molecule has 0 aromatic carbocycles. The van der Waals surface area contributed by atoms with Gasteiger partial charge in [-0.1, -0.05) is 19.3 Å². The van der Waals surface area contributed by atoms with Gasteiger partial charge in [0, 0.05) is 18.4 Å². The van der Waals surface area contributed by atoms with Crippen LogP contribution in [0.25, 0.3) is 0 Å². The van der Waals surface area contributed by atoms with E-state index in [9.17, 15) is 0 Å². The van der Waals surface area contributed by atoms with Gasteiger partial charge in [-0.3, -0.25) is 0 Å². The number of nitrogen functional groups attached to an aromatic ring is 1. The Hall–Kier alpha value is -1.13. The highest BCUT2D eigenvalue weighted by molar-refractivity contribution is 5.46. The van der Waals surface area contributed by atoms with Crippen LogP contribution >= 0.6 is 0 Å². The first kappa shape index (κ1) is 15.3. The van der Waals surface area contributed by atoms with Gasteiger partial charge in [0.2, 0.25) is 0 Å². The summed E-state index contributed by atoms with van der Waals surface area (Å²) in [5.41, 5.74) is 14.6. The lowest BCUT2D eigenvalue weighted by molar-refractivity contribution is -0.00988. The highest BCUT2D eigenvalue weighted by atomic mass is 16.5. The highest BCUT2D eigenvalue weighted by Crippen LogP contribution is 2.35. The highest BCUT2D eigenvalue weighted by Gasteiger charge is 2.31. The third kappa shape index (κ3) is 3.30. The fraction of sp³-hybridized carbons (Fsp3) is 0.688. The molecule has 2 atom stereocenters. The van der Waals surface area contributed by atoms with Crippen molar-refractivity contribution in [2.75, 3.05) is 12.3 Å². The van der Waals surface area contributed by atoms with Gasteiger partial charge in [-0.05, 0) is 44.2 Å². The Kier molecular flexibility index (Phi) is 5.38. The topological polar surface area (TPSA) is 74.2 Å². The number of hydrogen-bond donors (Lipinski definition) is 2. The van der Waals surface area contributed by atoms with Gasteiger partial charge in [0.25, 0.3) is 0 Å². The smallest absolute Gasteiger partial charge is 0.128 e. The van der Waals surface area contributed by atoms with E-state index in [1.54, 1.807) is 6.20 Å². The molecule has 0 radical (unpaired) electrons. The Morgan fingerprint density at radius 1 is 1.35 bits per heavy atom. The van der Waals surface area contributed by atoms with Crippen LogP contribution < -0.4 is 11.5 Å². The largest absolute Gasteiger partial charge is 0.383 e. The van der Waals surface area contributed by atoms with E-state index in [2.05, 4.69) is 4.98 Å². The number of anilines is 1. The van der Waals surface area contributed by atoms with Gasteiger partial charge in [0.1, 0.15) is 5.82 Å². The number of pyridine rings is 1. The zero-order valence-electron chi connectivity index (χ0n) is 12.6. The molecule has 1 aromatic heterocycles. The monoisotopic (exact) mass is 277 g/mol. The third-order valence-electron chi connectivity index (χ3n) is 4.40. The second-order valence-corrected chi connectivity index (χ2v) is 5.77. The molecule has 2 rings (SSSR count). The molecule has 0 bridgehead atoms. The predicted molar refractivity (Wildman–Crippen MR) is 82.3 cm³/mol. The first-order chi connectivity index (χ1) is 9.65. The summed E-state index contributed by atoms with van der Waals surface area (Å²) in [6, 6.07) is 1.78. The van der Waals surface area contributed by atoms with E-state index >= 15 is 0 Å². The van der Waals surface area contributed by atoms with E-state index in [1.807, 2.05) is 19.9 Å². The van der Waals surface area contributed by atoms with Crippen LogP contribution in [0.3, 0.4) is 0 Å². The van der Waals surface area contributed by atoms with E-state index in [0.29, 0.717) is 18.3 Å². The molecular weight excluding hydrogens is 250 g/mol. The molecule has 112 valence electrons. The first-order valence-electron chi connectivity index (χ1n) is 7.73. The lowest BCUT2D eigenvalue weighted by Crippen LogP contribution is -2.37. The Balaban J connectivity index is 2.23. The summed E-state index contributed by atoms with van der Waals surface area (Å²) in [7, 11) is 0. The van der Waals surface area contributed by atoms with Gasteiger partial charge in [0.15, 0.2) is 0 Å². The average Bonchev–Trinajstić information content (AvgIpc) is 2.45. The van der Waals surface area contributed by atoms with Crippen LogP contribution in [0.5, 0.6) is 0 Å². The third-order valence-corrected chi connectivity index (χ3v) is 4.40. The van der Waals surface area contributed by atoms with E-state index in [0.717, 1.165) is 11.1 Å². The van der Waals surface area contributed by atoms with Crippen molar-refractivity contribution in [2.24, 2.45) is 11.7 Å². The molecule has 1 aromatic rings. The summed E-state index contributed by atoms with van der Waals surface area (Å²) in [5, 5.41) is 0. The van der Waals surface area contributed by atoms with E-state index in [4.69, 9.17) is 16.2 Å². The van der Waals surface area contributed by atoms with Gasteiger partial charge in [-0.15, -0.1) is 0 Å². The lowest BCUT2D eigenvalue weighted by Gasteiger charge is -2.34. The summed E-state index contributed by atoms with van der Waals surface area (Å²) in [6.07, 6.45) is 8.08. The number of hydrogen-bond acceptors (Lipinski definition) is 4. The van der Waals surface area contributed by atoms with E-state index in [1.165, 1.54) is 32.1 Å². The fourth-order valence-electron chi connectivity index (χ4n) is 3.38. The maximum atomic E-state index is 6.51. The van der Waals surface area contributed by atoms with Gasteiger partial charge >= 0.3 is 0 Å². The summed E-state index contributed by atoms with van der Waals surface area (Å²) < 4.78 is 6.00. The Morgan fingerprint density at radius 3 is 2.65 bits per heavy atom. The second-order valence-electron chi connectivity index (χ2n) is 5.77. The van der Waals surface area contributed by atoms with Crippen molar-refractivity contribution in [1.29, 1.82) is 0 Å². The maximum absolute atomic E-state index is 6.51. The van der Waals surface area contributed by atoms with Crippen LogP contribution in [-0.2, 0) is 4.74 Å². The minimum atomic E-state index is -0.188. The van der Waals surface area contributed by atoms with Crippen LogP contribution in [-0.4, -0.2) is 17.7 Å². The Labute approximate surface area is 121 Å². The lowest BCUT2D eigenvalue weighted by atomic mass is 9.80. The van der Waals surface area contributed by atoms with Crippen LogP contribution in [0.2, 0.25) is 0 Å². The predicted octanol–water partition coefficient (Wildman–Crippen LogP) is 2.96. The van der Waals surface area contributed by atoms with Crippen molar-refractivity contribution >= 4 is 5.82 Å². The number of nitrogens with zero attached hydrogens (tertiary/aromatic N) is 1. The number of ether oxygens (including phenoxy) is 1. The Bertz CT molecular complexity index is 409. The van der Waals surface area contributed by atoms with Gasteiger partial charge in [-0.25, -0.2) is 4.98 Å². The minimum Gasteiger partial charge on any atom is -0.383 e. The van der Waals surface area contributed by atoms with Crippen LogP contribution in [0.15, 0.2) is 12.3 Å². The summed E-state index contributed by atoms with van der Waals surface area (Å²) in [4.78, 5) is 4.19. The number of aryl methyl sites for hydroxylation is 1. The second kappa shape index (κ2) is 7.04. The van der Waals surface area contributed by atoms with Crippen LogP contribution in [0.4, 0.5) is 5.82 Å². The molecule has 0 saturated heterocycles. The van der Waals surface area contributed by atoms with Crippen molar-refractivity contribution in [2.45, 2.75) is 58.1 Å². The molecule has 1 aliphatic carbocycles. The molecule has 0 aliphatic heterocycles. The SMILES string of the molecule is CCOC(C1CCCCC1)C(N)c1c(C)ccnc1N. The van der Waals surface area contributed by atoms with Gasteiger partial charge < -0.3 is 16.2 Å². The fourth-order valence-corrected chi connectivity index (χ4v) is 3.38. The van der Waals surface area contributed by atoms with Gasteiger partial charge in [-0.2, -0.15) is 0 Å². The quantitative estimate of drug-likeness (QED) is 0.867. The van der Waals surface area contributed by atoms with Crippen molar-refractivity contribution in [3.05, 3.63) is 23.4 Å². The summed E-state index contributed by atoms with van der Waals surface area (Å²) >= 11 is 0. The molecule has 1 aliphatic rings. The molecule has 2 unspecified atom stereocenters. The minimum absolute atomic E-state index is 0.0468. The van der Waals surface area contributed by atoms with E-state index in [-0.39, 0.29) is 12.1 Å². The van der Waals surface area contributed by atoms with Gasteiger partial charge in [0.05, 0.1) is 12.1 Å². The first-order valence-corrected chi connectivity index (χ1v) is 7.73. The van der Waals surface area contributed by atoms with Crippen molar-refractivity contribution in [3.63, 3.8) is 0 Å². The number of nitrogens with two attached hydrogens (primary N) is 2. The van der Waals surface area contributed by atoms with Crippen molar-refractivity contribution in [3.8, 4) is 0 Å². The normalized spacial score (nSPS) is 19.8. The Morgan fingerprint density at radius 2 is 2.05 bits per heavy atom. The molecule has 4 N–H and O–H groups in total. The van der Waals surface area contributed by atoms with Crippen LogP contribution in [0, 0.1) is 12.8 Å². The molecule has 20 heavy (non-hydrogen) atoms. The molecule has 0 amide bonds. The molecule has 4 nitrogen and oxygen atoms in total. The average molecular weight is 277 g/mol. The molecule has 1 fully saturated rings. The molecule has 4 heteroatoms. The van der Waals surface area contributed by atoms with Crippen molar-refractivity contribution in [1.82, 2.24) is 4.98 Å². The van der Waals surface area contributed by atoms with Crippen LogP contribution in [0.1, 0.15) is 56.2 Å². The molecular formula is C16H27N3O. The molecule has 1 saturated carbocycles. The number of rotatable bonds is 5. The maximum Gasteiger partial charge on any atom is 0.128 e. The zero-order chi connectivity index (χ0) is 14.5. The van der Waals surface area contributed by atoms with E-state index < -0.39 is 0 Å². The molecule has 0 spiro atoms. The molecule has 1 heterocycles. The standard InChI is InChI=1S/C16H27N3O/c1-3-20-15(12-7-5-4-6-8-12)14(17)13-11(2)9-10-19-16(13)18/h9-10,12,14-15H,3-8,17H2,1-2H3,(H2,18,19). The number of aromatic nitrogens is 1. The summed E-state index contributed by atoms with van der Waals surface area (Å²) in [5.74, 6) is 1.08. The zero-order valence-corrected chi connectivity index (χ0v) is 12.6.